The SMILES string of the molecule is COc1cccc(CNCCNc2ccc([N+](=O)[O-])cc2Cl)c1OCc1ccc(C)cc1.Cl. The molecule has 0 aliphatic carbocycles. The molecule has 2 N–H and O–H groups in total. The van der Waals surface area contributed by atoms with Gasteiger partial charge in [-0.05, 0) is 24.6 Å². The van der Waals surface area contributed by atoms with Gasteiger partial charge in [0.15, 0.2) is 11.5 Å². The molecule has 0 radical (unpaired) electrons. The Bertz CT molecular complexity index is 1060. The first-order valence-electron chi connectivity index (χ1n) is 10.2. The molecular weight excluding hydrogens is 465 g/mol. The molecule has 33 heavy (non-hydrogen) atoms. The van der Waals surface area contributed by atoms with E-state index < -0.39 is 4.92 Å². The van der Waals surface area contributed by atoms with Gasteiger partial charge >= 0.3 is 0 Å². The number of hydrogen-bond donors (Lipinski definition) is 2. The first-order valence-corrected chi connectivity index (χ1v) is 10.6. The fraction of sp³-hybridized carbons (Fsp3) is 0.250. The van der Waals surface area contributed by atoms with E-state index in [9.17, 15) is 10.1 Å². The van der Waals surface area contributed by atoms with E-state index in [2.05, 4.69) is 41.8 Å². The van der Waals surface area contributed by atoms with Gasteiger partial charge in [0.25, 0.3) is 5.69 Å². The van der Waals surface area contributed by atoms with Crippen LogP contribution in [0, 0.1) is 17.0 Å². The van der Waals surface area contributed by atoms with Crippen LogP contribution in [0.15, 0.2) is 60.7 Å². The summed E-state index contributed by atoms with van der Waals surface area (Å²) >= 11 is 6.11. The molecule has 0 fully saturated rings. The molecule has 0 unspecified atom stereocenters. The van der Waals surface area contributed by atoms with Crippen molar-refractivity contribution in [2.24, 2.45) is 0 Å². The summed E-state index contributed by atoms with van der Waals surface area (Å²) in [7, 11) is 1.63. The minimum absolute atomic E-state index is 0. The van der Waals surface area contributed by atoms with Crippen LogP contribution in [-0.4, -0.2) is 25.1 Å². The third kappa shape index (κ3) is 7.53. The van der Waals surface area contributed by atoms with Crippen LogP contribution in [0.2, 0.25) is 5.02 Å². The lowest BCUT2D eigenvalue weighted by atomic mass is 10.1. The third-order valence-corrected chi connectivity index (χ3v) is 5.19. The number of ether oxygens (including phenoxy) is 2. The summed E-state index contributed by atoms with van der Waals surface area (Å²) in [4.78, 5) is 10.3. The van der Waals surface area contributed by atoms with Gasteiger partial charge in [-0.3, -0.25) is 10.1 Å². The molecule has 0 heterocycles. The number of para-hydroxylation sites is 1. The van der Waals surface area contributed by atoms with E-state index in [4.69, 9.17) is 21.1 Å². The van der Waals surface area contributed by atoms with Gasteiger partial charge in [0.1, 0.15) is 6.61 Å². The molecule has 0 bridgehead atoms. The van der Waals surface area contributed by atoms with E-state index in [0.29, 0.717) is 42.7 Å². The van der Waals surface area contributed by atoms with Gasteiger partial charge in [-0.2, -0.15) is 0 Å². The average Bonchev–Trinajstić information content (AvgIpc) is 2.79. The van der Waals surface area contributed by atoms with Crippen molar-refractivity contribution in [1.29, 1.82) is 0 Å². The Morgan fingerprint density at radius 3 is 2.48 bits per heavy atom. The Kier molecular flexibility index (Phi) is 10.3. The van der Waals surface area contributed by atoms with Crippen LogP contribution in [0.25, 0.3) is 0 Å². The monoisotopic (exact) mass is 491 g/mol. The zero-order valence-electron chi connectivity index (χ0n) is 18.5. The number of nitro groups is 1. The van der Waals surface area contributed by atoms with E-state index in [1.807, 2.05) is 18.2 Å². The van der Waals surface area contributed by atoms with Crippen molar-refractivity contribution in [3.8, 4) is 11.5 Å². The number of nitrogens with zero attached hydrogens (tertiary/aromatic N) is 1. The number of anilines is 1. The molecule has 176 valence electrons. The zero-order chi connectivity index (χ0) is 22.9. The van der Waals surface area contributed by atoms with Crippen LogP contribution >= 0.6 is 24.0 Å². The summed E-state index contributed by atoms with van der Waals surface area (Å²) < 4.78 is 11.6. The highest BCUT2D eigenvalue weighted by atomic mass is 35.5. The maximum atomic E-state index is 10.8. The van der Waals surface area contributed by atoms with Crippen LogP contribution in [-0.2, 0) is 13.2 Å². The first kappa shape index (κ1) is 26.3. The lowest BCUT2D eigenvalue weighted by Gasteiger charge is -2.16. The fourth-order valence-corrected chi connectivity index (χ4v) is 3.38. The molecular formula is C24H27Cl2N3O4. The summed E-state index contributed by atoms with van der Waals surface area (Å²) in [5.41, 5.74) is 3.91. The number of rotatable bonds is 11. The van der Waals surface area contributed by atoms with Gasteiger partial charge in [-0.15, -0.1) is 12.4 Å². The van der Waals surface area contributed by atoms with Crippen molar-refractivity contribution in [3.63, 3.8) is 0 Å². The molecule has 0 atom stereocenters. The molecule has 0 aliphatic heterocycles. The largest absolute Gasteiger partial charge is 0.493 e. The van der Waals surface area contributed by atoms with E-state index in [0.717, 1.165) is 16.9 Å². The number of nitro benzene ring substituents is 1. The minimum Gasteiger partial charge on any atom is -0.493 e. The molecule has 0 saturated heterocycles. The Morgan fingerprint density at radius 2 is 1.82 bits per heavy atom. The summed E-state index contributed by atoms with van der Waals surface area (Å²) in [5.74, 6) is 1.40. The van der Waals surface area contributed by atoms with Crippen molar-refractivity contribution in [2.75, 3.05) is 25.5 Å². The maximum absolute atomic E-state index is 10.8. The van der Waals surface area contributed by atoms with Crippen LogP contribution in [0.5, 0.6) is 11.5 Å². The number of halogens is 2. The number of benzene rings is 3. The van der Waals surface area contributed by atoms with Crippen LogP contribution < -0.4 is 20.1 Å². The third-order valence-electron chi connectivity index (χ3n) is 4.88. The van der Waals surface area contributed by atoms with Gasteiger partial charge in [0.2, 0.25) is 0 Å². The first-order chi connectivity index (χ1) is 15.5. The molecule has 0 aliphatic rings. The van der Waals surface area contributed by atoms with E-state index >= 15 is 0 Å². The predicted molar refractivity (Wildman–Crippen MR) is 134 cm³/mol. The van der Waals surface area contributed by atoms with Gasteiger partial charge < -0.3 is 20.1 Å². The highest BCUT2D eigenvalue weighted by Gasteiger charge is 2.11. The number of nitrogens with one attached hydrogen (secondary N) is 2. The van der Waals surface area contributed by atoms with E-state index in [1.165, 1.54) is 17.7 Å². The highest BCUT2D eigenvalue weighted by Crippen LogP contribution is 2.32. The summed E-state index contributed by atoms with van der Waals surface area (Å²) in [6.07, 6.45) is 0. The molecule has 0 spiro atoms. The van der Waals surface area contributed by atoms with Gasteiger partial charge in [-0.25, -0.2) is 0 Å². The lowest BCUT2D eigenvalue weighted by molar-refractivity contribution is -0.384. The second-order valence-electron chi connectivity index (χ2n) is 7.25. The molecule has 9 heteroatoms. The second-order valence-corrected chi connectivity index (χ2v) is 7.65. The molecule has 0 amide bonds. The quantitative estimate of drug-likeness (QED) is 0.201. The van der Waals surface area contributed by atoms with E-state index in [1.54, 1.807) is 13.2 Å². The van der Waals surface area contributed by atoms with Crippen molar-refractivity contribution in [2.45, 2.75) is 20.1 Å². The van der Waals surface area contributed by atoms with E-state index in [-0.39, 0.29) is 18.1 Å². The normalized spacial score (nSPS) is 10.3. The smallest absolute Gasteiger partial charge is 0.271 e. The summed E-state index contributed by atoms with van der Waals surface area (Å²) in [5, 5.41) is 17.7. The standard InChI is InChI=1S/C24H26ClN3O4.ClH/c1-17-6-8-18(9-7-17)16-32-24-19(4-3-5-23(24)31-2)15-26-12-13-27-22-11-10-20(28(29)30)14-21(22)25;/h3-11,14,26-27H,12-13,15-16H2,1-2H3;1H. The fourth-order valence-electron chi connectivity index (χ4n) is 3.13. The zero-order valence-corrected chi connectivity index (χ0v) is 20.0. The Labute approximate surface area is 204 Å². The van der Waals surface area contributed by atoms with Crippen LogP contribution in [0.4, 0.5) is 11.4 Å². The van der Waals surface area contributed by atoms with Crippen molar-refractivity contribution in [3.05, 3.63) is 92.5 Å². The van der Waals surface area contributed by atoms with Crippen molar-refractivity contribution in [1.82, 2.24) is 5.32 Å². The van der Waals surface area contributed by atoms with Crippen LogP contribution in [0.3, 0.4) is 0 Å². The lowest BCUT2D eigenvalue weighted by Crippen LogP contribution is -2.22. The number of methoxy groups -OCH3 is 1. The van der Waals surface area contributed by atoms with Crippen LogP contribution in [0.1, 0.15) is 16.7 Å². The molecule has 7 nitrogen and oxygen atoms in total. The number of aryl methyl sites for hydroxylation is 1. The molecule has 0 aromatic heterocycles. The molecule has 3 aromatic carbocycles. The topological polar surface area (TPSA) is 85.7 Å². The second kappa shape index (κ2) is 12.9. The van der Waals surface area contributed by atoms with Gasteiger partial charge in [0, 0.05) is 37.3 Å². The van der Waals surface area contributed by atoms with Gasteiger partial charge in [0.05, 0.1) is 22.7 Å². The Balaban J connectivity index is 0.00000385. The molecule has 3 rings (SSSR count). The molecule has 0 saturated carbocycles. The molecule has 3 aromatic rings. The predicted octanol–water partition coefficient (Wildman–Crippen LogP) is 5.77. The minimum atomic E-state index is -0.468. The van der Waals surface area contributed by atoms with Gasteiger partial charge in [-0.1, -0.05) is 53.6 Å². The average molecular weight is 492 g/mol. The van der Waals surface area contributed by atoms with Crippen molar-refractivity contribution < 1.29 is 14.4 Å². The Morgan fingerprint density at radius 1 is 1.06 bits per heavy atom. The van der Waals surface area contributed by atoms with Crippen molar-refractivity contribution >= 4 is 35.4 Å². The summed E-state index contributed by atoms with van der Waals surface area (Å²) in [6, 6.07) is 18.4. The summed E-state index contributed by atoms with van der Waals surface area (Å²) in [6.45, 7) is 4.35. The number of hydrogen-bond acceptors (Lipinski definition) is 6. The Hall–Kier alpha value is -3.00. The maximum Gasteiger partial charge on any atom is 0.271 e. The number of non-ortho nitro benzene ring substituents is 1. The highest BCUT2D eigenvalue weighted by molar-refractivity contribution is 6.33.